The fraction of sp³-hybridized carbons (Fsp3) is 0.0833. The number of hydrogen-bond donors (Lipinski definition) is 2. The minimum Gasteiger partial charge on any atom is -0.504 e. The van der Waals surface area contributed by atoms with E-state index in [0.717, 1.165) is 16.9 Å². The molecule has 0 aliphatic carbocycles. The first-order valence-electron chi connectivity index (χ1n) is 4.79. The number of methoxy groups -OCH3 is 1. The van der Waals surface area contributed by atoms with Gasteiger partial charge in [0.05, 0.1) is 7.11 Å². The Balaban J connectivity index is 2.46. The maximum atomic E-state index is 9.47. The van der Waals surface area contributed by atoms with Gasteiger partial charge in [0.1, 0.15) is 5.75 Å². The number of anilines is 1. The van der Waals surface area contributed by atoms with Crippen LogP contribution < -0.4 is 10.5 Å². The molecular formula is C12H12N2O2. The molecule has 0 fully saturated rings. The van der Waals surface area contributed by atoms with Crippen molar-refractivity contribution >= 4 is 5.82 Å². The molecule has 3 N–H and O–H groups in total. The van der Waals surface area contributed by atoms with E-state index in [1.54, 1.807) is 19.4 Å². The average Bonchev–Trinajstić information content (AvgIpc) is 2.33. The topological polar surface area (TPSA) is 68.4 Å². The Bertz CT molecular complexity index is 512. The zero-order valence-corrected chi connectivity index (χ0v) is 8.84. The maximum absolute atomic E-state index is 9.47. The van der Waals surface area contributed by atoms with E-state index < -0.39 is 0 Å². The van der Waals surface area contributed by atoms with Gasteiger partial charge in [-0.05, 0) is 23.8 Å². The van der Waals surface area contributed by atoms with Gasteiger partial charge in [0.2, 0.25) is 0 Å². The van der Waals surface area contributed by atoms with Crippen molar-refractivity contribution in [1.82, 2.24) is 4.98 Å². The summed E-state index contributed by atoms with van der Waals surface area (Å²) in [4.78, 5) is 3.90. The van der Waals surface area contributed by atoms with Gasteiger partial charge in [-0.2, -0.15) is 0 Å². The van der Waals surface area contributed by atoms with Crippen LogP contribution in [0.4, 0.5) is 5.82 Å². The molecule has 2 aromatic rings. The van der Waals surface area contributed by atoms with Crippen molar-refractivity contribution in [3.8, 4) is 22.6 Å². The highest BCUT2D eigenvalue weighted by atomic mass is 16.5. The Hall–Kier alpha value is -2.23. The smallest absolute Gasteiger partial charge is 0.165 e. The summed E-state index contributed by atoms with van der Waals surface area (Å²) >= 11 is 0. The van der Waals surface area contributed by atoms with Crippen LogP contribution in [-0.2, 0) is 0 Å². The van der Waals surface area contributed by atoms with Gasteiger partial charge >= 0.3 is 0 Å². The highest BCUT2D eigenvalue weighted by molar-refractivity contribution is 5.67. The van der Waals surface area contributed by atoms with E-state index in [1.807, 2.05) is 24.3 Å². The molecule has 0 atom stereocenters. The SMILES string of the molecule is COc1cccc(-c2cnc(N)c(O)c2)c1. The van der Waals surface area contributed by atoms with Crippen LogP contribution in [0.5, 0.6) is 11.5 Å². The van der Waals surface area contributed by atoms with Crippen LogP contribution in [0.15, 0.2) is 36.5 Å². The van der Waals surface area contributed by atoms with E-state index in [1.165, 1.54) is 0 Å². The molecule has 0 amide bonds. The number of benzene rings is 1. The summed E-state index contributed by atoms with van der Waals surface area (Å²) in [6, 6.07) is 9.09. The van der Waals surface area contributed by atoms with Gasteiger partial charge in [-0.1, -0.05) is 12.1 Å². The molecule has 0 unspecified atom stereocenters. The van der Waals surface area contributed by atoms with E-state index in [2.05, 4.69) is 4.98 Å². The quantitative estimate of drug-likeness (QED) is 0.806. The normalized spacial score (nSPS) is 10.1. The highest BCUT2D eigenvalue weighted by Gasteiger charge is 2.03. The minimum atomic E-state index is -0.0136. The number of rotatable bonds is 2. The fourth-order valence-corrected chi connectivity index (χ4v) is 1.42. The number of pyridine rings is 1. The largest absolute Gasteiger partial charge is 0.504 e. The number of hydrogen-bond acceptors (Lipinski definition) is 4. The third-order valence-corrected chi connectivity index (χ3v) is 2.30. The molecule has 4 nitrogen and oxygen atoms in total. The van der Waals surface area contributed by atoms with Gasteiger partial charge in [-0.15, -0.1) is 0 Å². The van der Waals surface area contributed by atoms with Gasteiger partial charge in [-0.25, -0.2) is 4.98 Å². The van der Waals surface area contributed by atoms with E-state index in [0.29, 0.717) is 0 Å². The lowest BCUT2D eigenvalue weighted by Gasteiger charge is -2.05. The molecule has 1 aromatic carbocycles. The van der Waals surface area contributed by atoms with Crippen LogP contribution in [0.2, 0.25) is 0 Å². The Morgan fingerprint density at radius 1 is 1.25 bits per heavy atom. The molecule has 0 radical (unpaired) electrons. The third-order valence-electron chi connectivity index (χ3n) is 2.30. The predicted molar refractivity (Wildman–Crippen MR) is 62.3 cm³/mol. The second-order valence-electron chi connectivity index (χ2n) is 3.36. The summed E-state index contributed by atoms with van der Waals surface area (Å²) in [6.07, 6.45) is 1.61. The molecule has 0 aliphatic rings. The third kappa shape index (κ3) is 1.91. The number of aromatic nitrogens is 1. The van der Waals surface area contributed by atoms with Crippen molar-refractivity contribution in [2.45, 2.75) is 0 Å². The van der Waals surface area contributed by atoms with Crippen LogP contribution in [0, 0.1) is 0 Å². The lowest BCUT2D eigenvalue weighted by molar-refractivity contribution is 0.415. The Morgan fingerprint density at radius 2 is 2.06 bits per heavy atom. The van der Waals surface area contributed by atoms with E-state index in [-0.39, 0.29) is 11.6 Å². The minimum absolute atomic E-state index is 0.0136. The van der Waals surface area contributed by atoms with Crippen molar-refractivity contribution in [1.29, 1.82) is 0 Å². The van der Waals surface area contributed by atoms with Crippen LogP contribution in [-0.4, -0.2) is 17.2 Å². The Labute approximate surface area is 93.3 Å². The highest BCUT2D eigenvalue weighted by Crippen LogP contribution is 2.27. The summed E-state index contributed by atoms with van der Waals surface area (Å²) < 4.78 is 5.12. The van der Waals surface area contributed by atoms with E-state index >= 15 is 0 Å². The number of nitrogens with two attached hydrogens (primary N) is 1. The number of aromatic hydroxyl groups is 1. The molecule has 0 aliphatic heterocycles. The molecular weight excluding hydrogens is 204 g/mol. The molecule has 82 valence electrons. The van der Waals surface area contributed by atoms with Crippen LogP contribution >= 0.6 is 0 Å². The van der Waals surface area contributed by atoms with Crippen molar-refractivity contribution in [3.05, 3.63) is 36.5 Å². The molecule has 0 bridgehead atoms. The molecule has 1 heterocycles. The molecule has 4 heteroatoms. The zero-order chi connectivity index (χ0) is 11.5. The summed E-state index contributed by atoms with van der Waals surface area (Å²) in [5, 5.41) is 9.47. The van der Waals surface area contributed by atoms with Crippen LogP contribution in [0.25, 0.3) is 11.1 Å². The predicted octanol–water partition coefficient (Wildman–Crippen LogP) is 2.04. The van der Waals surface area contributed by atoms with Gasteiger partial charge in [0.15, 0.2) is 11.6 Å². The standard InChI is InChI=1S/C12H12N2O2/c1-16-10-4-2-3-8(5-10)9-6-11(15)12(13)14-7-9/h2-7,15H,1H3,(H2,13,14). The Morgan fingerprint density at radius 3 is 2.75 bits per heavy atom. The summed E-state index contributed by atoms with van der Waals surface area (Å²) in [5.41, 5.74) is 7.15. The number of nitrogens with zero attached hydrogens (tertiary/aromatic N) is 1. The summed E-state index contributed by atoms with van der Waals surface area (Å²) in [6.45, 7) is 0. The molecule has 0 saturated carbocycles. The number of nitrogen functional groups attached to an aromatic ring is 1. The number of ether oxygens (including phenoxy) is 1. The first-order valence-corrected chi connectivity index (χ1v) is 4.79. The van der Waals surface area contributed by atoms with Crippen molar-refractivity contribution in [2.75, 3.05) is 12.8 Å². The molecule has 0 spiro atoms. The van der Waals surface area contributed by atoms with Gasteiger partial charge in [-0.3, -0.25) is 0 Å². The van der Waals surface area contributed by atoms with Crippen molar-refractivity contribution in [2.24, 2.45) is 0 Å². The molecule has 0 saturated heterocycles. The Kier molecular flexibility index (Phi) is 2.64. The van der Waals surface area contributed by atoms with Crippen LogP contribution in [0.1, 0.15) is 0 Å². The first-order chi connectivity index (χ1) is 7.70. The molecule has 1 aromatic heterocycles. The average molecular weight is 216 g/mol. The van der Waals surface area contributed by atoms with E-state index in [9.17, 15) is 5.11 Å². The fourth-order valence-electron chi connectivity index (χ4n) is 1.42. The second-order valence-corrected chi connectivity index (χ2v) is 3.36. The maximum Gasteiger partial charge on any atom is 0.165 e. The van der Waals surface area contributed by atoms with Crippen molar-refractivity contribution in [3.63, 3.8) is 0 Å². The van der Waals surface area contributed by atoms with E-state index in [4.69, 9.17) is 10.5 Å². The zero-order valence-electron chi connectivity index (χ0n) is 8.84. The van der Waals surface area contributed by atoms with Gasteiger partial charge in [0, 0.05) is 11.8 Å². The summed E-state index contributed by atoms with van der Waals surface area (Å²) in [7, 11) is 1.61. The van der Waals surface area contributed by atoms with Crippen molar-refractivity contribution < 1.29 is 9.84 Å². The summed E-state index contributed by atoms with van der Waals surface area (Å²) in [5.74, 6) is 0.876. The lowest BCUT2D eigenvalue weighted by atomic mass is 10.1. The molecule has 16 heavy (non-hydrogen) atoms. The van der Waals surface area contributed by atoms with Crippen LogP contribution in [0.3, 0.4) is 0 Å². The first kappa shape index (κ1) is 10.3. The molecule has 2 rings (SSSR count). The lowest BCUT2D eigenvalue weighted by Crippen LogP contribution is -1.91. The monoisotopic (exact) mass is 216 g/mol. The van der Waals surface area contributed by atoms with Gasteiger partial charge < -0.3 is 15.6 Å². The second kappa shape index (κ2) is 4.10. The van der Waals surface area contributed by atoms with Gasteiger partial charge in [0.25, 0.3) is 0 Å².